The van der Waals surface area contributed by atoms with Crippen LogP contribution in [0.1, 0.15) is 115 Å². The van der Waals surface area contributed by atoms with Gasteiger partial charge < -0.3 is 13.7 Å². The van der Waals surface area contributed by atoms with E-state index in [4.69, 9.17) is 9.15 Å². The predicted octanol–water partition coefficient (Wildman–Crippen LogP) is 23.4. The van der Waals surface area contributed by atoms with E-state index in [9.17, 15) is 0 Å². The smallest absolute Gasteiger partial charge is 0.143 e. The molecule has 3 heterocycles. The second-order valence-electron chi connectivity index (χ2n) is 26.7. The van der Waals surface area contributed by atoms with Crippen molar-refractivity contribution in [3.8, 4) is 55.9 Å². The van der Waals surface area contributed by atoms with Gasteiger partial charge in [0.1, 0.15) is 23.0 Å². The molecule has 1 aliphatic heterocycles. The summed E-state index contributed by atoms with van der Waals surface area (Å²) in [4.78, 5) is 0. The molecule has 5 aliphatic carbocycles. The van der Waals surface area contributed by atoms with Crippen LogP contribution in [0, 0.1) is 0 Å². The van der Waals surface area contributed by atoms with Gasteiger partial charge in [0, 0.05) is 50.4 Å². The van der Waals surface area contributed by atoms with Gasteiger partial charge in [0.2, 0.25) is 0 Å². The summed E-state index contributed by atoms with van der Waals surface area (Å²) in [6.07, 6.45) is 44.7. The third kappa shape index (κ3) is 9.94. The Kier molecular flexibility index (Phi) is 14.5. The monoisotopic (exact) mass is 1240 g/mol. The summed E-state index contributed by atoms with van der Waals surface area (Å²) >= 11 is 0. The van der Waals surface area contributed by atoms with Crippen molar-refractivity contribution in [3.05, 3.63) is 328 Å². The summed E-state index contributed by atoms with van der Waals surface area (Å²) in [5.74, 6) is 1.35. The highest BCUT2D eigenvalue weighted by molar-refractivity contribution is 6.12. The Hall–Kier alpha value is -11.0. The lowest BCUT2D eigenvalue weighted by atomic mass is 9.82. The van der Waals surface area contributed by atoms with Gasteiger partial charge in [-0.2, -0.15) is 0 Å². The molecule has 18 rings (SSSR count). The Morgan fingerprint density at radius 1 is 0.510 bits per heavy atom. The van der Waals surface area contributed by atoms with Crippen LogP contribution in [0.5, 0.6) is 5.75 Å². The molecular weight excluding hydrogens is 1160 g/mol. The average molecular weight is 1240 g/mol. The van der Waals surface area contributed by atoms with Crippen LogP contribution in [0.25, 0.3) is 134 Å². The summed E-state index contributed by atoms with van der Waals surface area (Å²) in [7, 11) is 0. The fourth-order valence-electron chi connectivity index (χ4n) is 16.5. The third-order valence-electron chi connectivity index (χ3n) is 21.2. The van der Waals surface area contributed by atoms with Crippen LogP contribution in [-0.2, 0) is 6.42 Å². The van der Waals surface area contributed by atoms with Crippen LogP contribution in [0.15, 0.2) is 278 Å². The lowest BCUT2D eigenvalue weighted by Gasteiger charge is -2.22. The summed E-state index contributed by atoms with van der Waals surface area (Å²) in [5.41, 5.74) is 29.0. The van der Waals surface area contributed by atoms with Crippen LogP contribution in [0.3, 0.4) is 0 Å². The lowest BCUT2D eigenvalue weighted by molar-refractivity contribution is 0.268. The van der Waals surface area contributed by atoms with Crippen LogP contribution >= 0.6 is 0 Å². The lowest BCUT2D eigenvalue weighted by Crippen LogP contribution is -2.32. The minimum absolute atomic E-state index is 0.0761. The number of aromatic nitrogens is 1. The van der Waals surface area contributed by atoms with Gasteiger partial charge in [-0.25, -0.2) is 0 Å². The van der Waals surface area contributed by atoms with Crippen molar-refractivity contribution in [1.29, 1.82) is 0 Å². The topological polar surface area (TPSA) is 27.3 Å². The molecule has 6 aliphatic rings. The van der Waals surface area contributed by atoms with Gasteiger partial charge >= 0.3 is 0 Å². The molecule has 0 saturated carbocycles. The maximum Gasteiger partial charge on any atom is 0.143 e. The molecule has 96 heavy (non-hydrogen) atoms. The second-order valence-corrected chi connectivity index (χ2v) is 26.7. The zero-order valence-electron chi connectivity index (χ0n) is 54.4. The molecule has 0 amide bonds. The number of furan rings is 1. The number of ether oxygens (including phenoxy) is 1. The average Bonchev–Trinajstić information content (AvgIpc) is 1.54. The maximum atomic E-state index is 7.22. The highest BCUT2D eigenvalue weighted by atomic mass is 16.5. The van der Waals surface area contributed by atoms with E-state index in [1.54, 1.807) is 0 Å². The summed E-state index contributed by atoms with van der Waals surface area (Å²) < 4.78 is 16.9. The molecule has 0 saturated heterocycles. The van der Waals surface area contributed by atoms with E-state index in [0.29, 0.717) is 0 Å². The Morgan fingerprint density at radius 3 is 1.94 bits per heavy atom. The van der Waals surface area contributed by atoms with E-state index in [1.165, 1.54) is 132 Å². The normalized spacial score (nSPS) is 18.2. The Morgan fingerprint density at radius 2 is 1.20 bits per heavy atom. The van der Waals surface area contributed by atoms with Crippen molar-refractivity contribution in [2.75, 3.05) is 0 Å². The zero-order valence-corrected chi connectivity index (χ0v) is 54.4. The van der Waals surface area contributed by atoms with Gasteiger partial charge in [0.05, 0.1) is 11.2 Å². The number of fused-ring (bicyclic) bond motifs is 10. The molecule has 462 valence electrons. The van der Waals surface area contributed by atoms with Crippen LogP contribution < -0.4 is 15.2 Å². The zero-order chi connectivity index (χ0) is 63.8. The number of nitrogens with zero attached hydrogens (tertiary/aromatic N) is 1. The molecule has 0 fully saturated rings. The fraction of sp³-hybridized carbons (Fsp3) is 0.140. The predicted molar refractivity (Wildman–Crippen MR) is 406 cm³/mol. The first-order valence-electron chi connectivity index (χ1n) is 34.7. The summed E-state index contributed by atoms with van der Waals surface area (Å²) in [5, 5.41) is 8.85. The Bertz CT molecular complexity index is 5610. The van der Waals surface area contributed by atoms with Crippen molar-refractivity contribution in [2.24, 2.45) is 0 Å². The van der Waals surface area contributed by atoms with Crippen molar-refractivity contribution in [2.45, 2.75) is 83.2 Å². The number of hydrogen-bond donors (Lipinski definition) is 0. The first-order chi connectivity index (χ1) is 47.5. The molecule has 0 spiro atoms. The van der Waals surface area contributed by atoms with Gasteiger partial charge in [-0.3, -0.25) is 0 Å². The van der Waals surface area contributed by atoms with Crippen molar-refractivity contribution < 1.29 is 9.15 Å². The minimum atomic E-state index is -0.0955. The molecule has 0 N–H and O–H groups in total. The Balaban J connectivity index is 0.834. The Labute approximate surface area is 561 Å². The van der Waals surface area contributed by atoms with Crippen molar-refractivity contribution >= 4 is 84.1 Å². The van der Waals surface area contributed by atoms with Gasteiger partial charge in [-0.15, -0.1) is 0 Å². The molecule has 3 atom stereocenters. The number of benzene rings is 10. The highest BCUT2D eigenvalue weighted by Gasteiger charge is 2.37. The fourth-order valence-corrected chi connectivity index (χ4v) is 16.5. The van der Waals surface area contributed by atoms with Gasteiger partial charge in [0.15, 0.2) is 0 Å². The van der Waals surface area contributed by atoms with Gasteiger partial charge in [-0.1, -0.05) is 225 Å². The standard InChI is InChI=1S/C93H73NO2/c1-3-23-77-74(4-2)90(64-32-19-9-20-33-64)83-52-66(38-47-78(83)91(77)65-34-21-10-22-35-65)63-36-43-73(44-37-63)94-86-57-69(79-53-71(61-28-15-7-16-29-61)55-84-81-50-67(59-24-11-5-12-25-59)41-48-88(81)95-92(79)84)39-45-75(86)76-46-40-70(58-87(76)94)80-54-72(62-30-17-8-18-31-62)56-85-82-51-68(60-26-13-6-14-27-60)42-49-89(82)96-93(80)85/h4-13,15-17,19-26,28-30,32-34,36-38,40-44,46-58,65,81,88H,3,14,18,27,31,35,39,45H2,1-2H3. The quantitative estimate of drug-likeness (QED) is 0.129. The van der Waals surface area contributed by atoms with Gasteiger partial charge in [-0.05, 0) is 241 Å². The van der Waals surface area contributed by atoms with Crippen LogP contribution in [0.2, 0.25) is 0 Å². The largest absolute Gasteiger partial charge is 0.484 e. The highest BCUT2D eigenvalue weighted by Crippen LogP contribution is 2.52. The molecule has 3 heteroatoms. The van der Waals surface area contributed by atoms with E-state index in [-0.39, 0.29) is 17.9 Å². The number of hydrogen-bond acceptors (Lipinski definition) is 2. The van der Waals surface area contributed by atoms with E-state index < -0.39 is 0 Å². The SMILES string of the molecule is CC=c1c(-c2ccccc2)c2cc(-c3ccc(-n4c5c(c6ccc(-c7cc(C8=CC=CCC8)cc8c7oc7ccc(C9=CC=CCC9)cc78)cc64)CCC(c4cc(-c6ccccc6)cc6c4OC4C=CC(c7ccccc7)=CC64)=C5)cc3)ccc2c(C2C=CC=CC2)c1=CCC. The molecular formula is C93H73NO2. The van der Waals surface area contributed by atoms with E-state index in [2.05, 4.69) is 310 Å². The number of aryl methyl sites for hydroxylation is 1. The molecule has 2 aromatic heterocycles. The van der Waals surface area contributed by atoms with E-state index in [0.717, 1.165) is 95.9 Å². The first kappa shape index (κ1) is 57.6. The summed E-state index contributed by atoms with van der Waals surface area (Å²) in [6.45, 7) is 4.48. The molecule has 0 bridgehead atoms. The second kappa shape index (κ2) is 24.1. The van der Waals surface area contributed by atoms with Gasteiger partial charge in [0.25, 0.3) is 0 Å². The summed E-state index contributed by atoms with van der Waals surface area (Å²) in [6, 6.07) is 73.1. The third-order valence-corrected chi connectivity index (χ3v) is 21.2. The molecule has 10 aromatic carbocycles. The maximum absolute atomic E-state index is 7.22. The molecule has 3 nitrogen and oxygen atoms in total. The first-order valence-corrected chi connectivity index (χ1v) is 34.7. The number of allylic oxidation sites excluding steroid dienone is 15. The molecule has 0 radical (unpaired) electrons. The van der Waals surface area contributed by atoms with Crippen molar-refractivity contribution in [3.63, 3.8) is 0 Å². The number of rotatable bonds is 11. The molecule has 12 aromatic rings. The molecule has 3 unspecified atom stereocenters. The van der Waals surface area contributed by atoms with Crippen LogP contribution in [-0.4, -0.2) is 10.7 Å². The van der Waals surface area contributed by atoms with Crippen molar-refractivity contribution in [1.82, 2.24) is 4.57 Å². The van der Waals surface area contributed by atoms with E-state index in [1.807, 2.05) is 0 Å². The minimum Gasteiger partial charge on any atom is -0.484 e. The van der Waals surface area contributed by atoms with Crippen LogP contribution in [0.4, 0.5) is 0 Å². The van der Waals surface area contributed by atoms with E-state index >= 15 is 0 Å².